The third-order valence-corrected chi connectivity index (χ3v) is 5.29. The highest BCUT2D eigenvalue weighted by Crippen LogP contribution is 2.43. The van der Waals surface area contributed by atoms with Gasteiger partial charge < -0.3 is 14.6 Å². The van der Waals surface area contributed by atoms with Crippen LogP contribution in [0.2, 0.25) is 0 Å². The number of rotatable bonds is 1. The molecule has 27 heavy (non-hydrogen) atoms. The van der Waals surface area contributed by atoms with E-state index in [4.69, 9.17) is 9.47 Å². The Morgan fingerprint density at radius 3 is 2.22 bits per heavy atom. The van der Waals surface area contributed by atoms with E-state index in [0.29, 0.717) is 31.6 Å². The van der Waals surface area contributed by atoms with E-state index in [1.165, 1.54) is 0 Å². The van der Waals surface area contributed by atoms with Gasteiger partial charge in [-0.3, -0.25) is 4.90 Å². The highest BCUT2D eigenvalue weighted by atomic mass is 16.6. The van der Waals surface area contributed by atoms with Gasteiger partial charge in [-0.15, -0.1) is 0 Å². The molecule has 146 valence electrons. The van der Waals surface area contributed by atoms with Gasteiger partial charge in [-0.1, -0.05) is 0 Å². The van der Waals surface area contributed by atoms with Crippen molar-refractivity contribution in [2.24, 2.45) is 0 Å². The van der Waals surface area contributed by atoms with Crippen LogP contribution in [0.25, 0.3) is 0 Å². The van der Waals surface area contributed by atoms with Crippen LogP contribution < -0.4 is 0 Å². The lowest BCUT2D eigenvalue weighted by Gasteiger charge is -2.52. The van der Waals surface area contributed by atoms with Crippen molar-refractivity contribution in [3.05, 3.63) is 34.4 Å². The smallest absolute Gasteiger partial charge is 0.410 e. The number of piperidine rings is 1. The molecule has 3 rings (SSSR count). The van der Waals surface area contributed by atoms with Crippen molar-refractivity contribution in [3.8, 4) is 6.07 Å². The monoisotopic (exact) mass is 372 g/mol. The van der Waals surface area contributed by atoms with Crippen LogP contribution in [0.1, 0.15) is 55.9 Å². The number of amides is 1. The number of aliphatic hydroxyl groups is 1. The van der Waals surface area contributed by atoms with Gasteiger partial charge in [0.2, 0.25) is 0 Å². The van der Waals surface area contributed by atoms with E-state index in [9.17, 15) is 15.2 Å². The molecule has 2 bridgehead atoms. The molecule has 6 nitrogen and oxygen atoms in total. The second-order valence-electron chi connectivity index (χ2n) is 8.77. The number of benzene rings is 1. The molecule has 2 aliphatic rings. The summed E-state index contributed by atoms with van der Waals surface area (Å²) in [5.41, 5.74) is 1.63. The Hall–Kier alpha value is -2.10. The molecule has 2 fully saturated rings. The summed E-state index contributed by atoms with van der Waals surface area (Å²) >= 11 is 0. The summed E-state index contributed by atoms with van der Waals surface area (Å²) in [4.78, 5) is 14.5. The first-order valence-electron chi connectivity index (χ1n) is 9.37. The maximum Gasteiger partial charge on any atom is 0.410 e. The van der Waals surface area contributed by atoms with Crippen LogP contribution in [0, 0.1) is 25.2 Å². The topological polar surface area (TPSA) is 82.8 Å². The average Bonchev–Trinajstić information content (AvgIpc) is 2.51. The first kappa shape index (κ1) is 19.7. The Bertz CT molecular complexity index is 753. The van der Waals surface area contributed by atoms with Crippen molar-refractivity contribution < 1.29 is 19.4 Å². The minimum absolute atomic E-state index is 0.244. The fraction of sp³-hybridized carbons (Fsp3) is 0.619. The molecule has 2 aliphatic heterocycles. The first-order valence-corrected chi connectivity index (χ1v) is 9.37. The van der Waals surface area contributed by atoms with Crippen LogP contribution in [0.5, 0.6) is 0 Å². The zero-order chi connectivity index (χ0) is 20.0. The fourth-order valence-electron chi connectivity index (χ4n) is 4.56. The van der Waals surface area contributed by atoms with Crippen molar-refractivity contribution >= 4 is 6.09 Å². The lowest BCUT2D eigenvalue weighted by atomic mass is 9.74. The molecule has 0 radical (unpaired) electrons. The quantitative estimate of drug-likeness (QED) is 0.819. The second-order valence-corrected chi connectivity index (χ2v) is 8.77. The van der Waals surface area contributed by atoms with Gasteiger partial charge in [0, 0.05) is 12.8 Å². The van der Waals surface area contributed by atoms with E-state index >= 15 is 0 Å². The summed E-state index contributed by atoms with van der Waals surface area (Å²) in [6, 6.07) is 5.30. The molecule has 2 heterocycles. The Balaban J connectivity index is 1.92. The molecular formula is C21H28N2O4. The lowest BCUT2D eigenvalue weighted by molar-refractivity contribution is -0.141. The Morgan fingerprint density at radius 2 is 1.78 bits per heavy atom. The predicted octanol–water partition coefficient (Wildman–Crippen LogP) is 3.16. The summed E-state index contributed by atoms with van der Waals surface area (Å²) in [7, 11) is 0. The molecule has 0 saturated carbocycles. The number of hydrogen-bond acceptors (Lipinski definition) is 5. The fourth-order valence-corrected chi connectivity index (χ4v) is 4.56. The van der Waals surface area contributed by atoms with E-state index in [0.717, 1.165) is 16.7 Å². The van der Waals surface area contributed by atoms with E-state index < -0.39 is 11.2 Å². The third kappa shape index (κ3) is 3.80. The van der Waals surface area contributed by atoms with Gasteiger partial charge in [-0.25, -0.2) is 4.79 Å². The zero-order valence-electron chi connectivity index (χ0n) is 16.7. The SMILES string of the molecule is Cc1cc(C#N)cc(C)c1C1(O)CC2COCC(C1)N2C(=O)OC(C)(C)C. The standard InChI is InChI=1S/C21H28N2O4/c1-13-6-15(10-22)7-14(2)18(13)21(25)8-16-11-26-12-17(9-21)23(16)19(24)27-20(3,4)5/h6-7,16-17,25H,8-9,11-12H2,1-5H3. The minimum Gasteiger partial charge on any atom is -0.444 e. The van der Waals surface area contributed by atoms with Crippen molar-refractivity contribution in [2.45, 2.75) is 70.7 Å². The molecule has 2 atom stereocenters. The Morgan fingerprint density at radius 1 is 1.26 bits per heavy atom. The van der Waals surface area contributed by atoms with Gasteiger partial charge in [0.1, 0.15) is 5.60 Å². The number of carbonyl (C=O) groups excluding carboxylic acids is 1. The normalized spacial score (nSPS) is 27.8. The average molecular weight is 372 g/mol. The van der Waals surface area contributed by atoms with Gasteiger partial charge in [0.15, 0.2) is 0 Å². The van der Waals surface area contributed by atoms with Crippen molar-refractivity contribution in [3.63, 3.8) is 0 Å². The van der Waals surface area contributed by atoms with Crippen LogP contribution in [-0.4, -0.2) is 47.0 Å². The van der Waals surface area contributed by atoms with Crippen LogP contribution in [-0.2, 0) is 15.1 Å². The van der Waals surface area contributed by atoms with Gasteiger partial charge in [-0.05, 0) is 63.4 Å². The summed E-state index contributed by atoms with van der Waals surface area (Å²) in [5.74, 6) is 0. The maximum atomic E-state index is 12.7. The lowest BCUT2D eigenvalue weighted by Crippen LogP contribution is -2.63. The van der Waals surface area contributed by atoms with Gasteiger partial charge in [-0.2, -0.15) is 5.26 Å². The largest absolute Gasteiger partial charge is 0.444 e. The number of ether oxygens (including phenoxy) is 2. The molecule has 6 heteroatoms. The molecule has 0 aromatic heterocycles. The molecule has 2 saturated heterocycles. The number of aryl methyl sites for hydroxylation is 2. The molecule has 1 aromatic rings. The summed E-state index contributed by atoms with van der Waals surface area (Å²) in [5, 5.41) is 20.8. The molecule has 1 amide bonds. The third-order valence-electron chi connectivity index (χ3n) is 5.29. The summed E-state index contributed by atoms with van der Waals surface area (Å²) < 4.78 is 11.2. The number of hydrogen-bond donors (Lipinski definition) is 1. The van der Waals surface area contributed by atoms with Crippen LogP contribution in [0.4, 0.5) is 4.79 Å². The van der Waals surface area contributed by atoms with Crippen LogP contribution in [0.3, 0.4) is 0 Å². The molecule has 1 aromatic carbocycles. The molecular weight excluding hydrogens is 344 g/mol. The van der Waals surface area contributed by atoms with Crippen LogP contribution in [0.15, 0.2) is 12.1 Å². The predicted molar refractivity (Wildman–Crippen MR) is 100 cm³/mol. The number of carbonyl (C=O) groups is 1. The van der Waals surface area contributed by atoms with Crippen molar-refractivity contribution in [2.75, 3.05) is 13.2 Å². The van der Waals surface area contributed by atoms with Gasteiger partial charge in [0.05, 0.1) is 42.5 Å². The van der Waals surface area contributed by atoms with E-state index in [2.05, 4.69) is 6.07 Å². The van der Waals surface area contributed by atoms with E-state index in [-0.39, 0.29) is 18.2 Å². The molecule has 1 N–H and O–H groups in total. The Labute approximate surface area is 160 Å². The van der Waals surface area contributed by atoms with Crippen LogP contribution >= 0.6 is 0 Å². The number of nitriles is 1. The van der Waals surface area contributed by atoms with E-state index in [1.807, 2.05) is 46.8 Å². The number of morpholine rings is 1. The minimum atomic E-state index is -1.06. The number of fused-ring (bicyclic) bond motifs is 2. The zero-order valence-corrected chi connectivity index (χ0v) is 16.7. The summed E-state index contributed by atoms with van der Waals surface area (Å²) in [6.45, 7) is 10.2. The maximum absolute atomic E-state index is 12.7. The van der Waals surface area contributed by atoms with E-state index in [1.54, 1.807) is 4.90 Å². The Kier molecular flexibility index (Phi) is 4.96. The first-order chi connectivity index (χ1) is 12.5. The molecule has 0 aliphatic carbocycles. The highest BCUT2D eigenvalue weighted by Gasteiger charge is 2.50. The second kappa shape index (κ2) is 6.81. The highest BCUT2D eigenvalue weighted by molar-refractivity contribution is 5.69. The van der Waals surface area contributed by atoms with Crippen molar-refractivity contribution in [1.29, 1.82) is 5.26 Å². The van der Waals surface area contributed by atoms with Gasteiger partial charge in [0.25, 0.3) is 0 Å². The van der Waals surface area contributed by atoms with Crippen molar-refractivity contribution in [1.82, 2.24) is 4.90 Å². The summed E-state index contributed by atoms with van der Waals surface area (Å²) in [6.07, 6.45) is 0.420. The molecule has 0 spiro atoms. The number of nitrogens with zero attached hydrogens (tertiary/aromatic N) is 2. The van der Waals surface area contributed by atoms with Gasteiger partial charge >= 0.3 is 6.09 Å². The molecule has 2 unspecified atom stereocenters.